The van der Waals surface area contributed by atoms with E-state index in [4.69, 9.17) is 0 Å². The first-order valence-electron chi connectivity index (χ1n) is 13.5. The van der Waals surface area contributed by atoms with Crippen molar-refractivity contribution in [3.63, 3.8) is 0 Å². The van der Waals surface area contributed by atoms with Crippen LogP contribution in [0.25, 0.3) is 11.1 Å². The Morgan fingerprint density at radius 1 is 0.780 bits per heavy atom. The third-order valence-corrected chi connectivity index (χ3v) is 7.36. The first-order chi connectivity index (χ1) is 19.8. The quantitative estimate of drug-likeness (QED) is 0.251. The van der Waals surface area contributed by atoms with Crippen LogP contribution in [0.1, 0.15) is 39.1 Å². The second-order valence-electron chi connectivity index (χ2n) is 10.1. The zero-order valence-corrected chi connectivity index (χ0v) is 22.3. The fourth-order valence-corrected chi connectivity index (χ4v) is 5.08. The van der Waals surface area contributed by atoms with Gasteiger partial charge in [-0.1, -0.05) is 54.6 Å². The molecule has 0 atom stereocenters. The van der Waals surface area contributed by atoms with Crippen LogP contribution in [-0.4, -0.2) is 31.4 Å². The van der Waals surface area contributed by atoms with Gasteiger partial charge >= 0.3 is 6.18 Å². The zero-order valence-electron chi connectivity index (χ0n) is 22.3. The summed E-state index contributed by atoms with van der Waals surface area (Å²) in [5, 5.41) is 5.85. The summed E-state index contributed by atoms with van der Waals surface area (Å²) in [5.41, 5.74) is 2.65. The number of piperidine rings is 1. The standard InChI is InChI=1S/C33H30F3N3O2/c34-33(35,36)26-15-13-24(14-16-26)29-11-4-5-12-30(29)32(41)38-27-8-6-7-25(21-27)31(40)37-22-23-17-19-39(20-18-23)28-9-2-1-3-10-28/h1-16,21,23H,17-20,22H2,(H,37,40)(H,38,41). The van der Waals surface area contributed by atoms with E-state index in [1.54, 1.807) is 48.5 Å². The fourth-order valence-electron chi connectivity index (χ4n) is 5.08. The summed E-state index contributed by atoms with van der Waals surface area (Å²) in [5.74, 6) is -0.247. The predicted octanol–water partition coefficient (Wildman–Crippen LogP) is 7.27. The number of hydrogen-bond acceptors (Lipinski definition) is 3. The number of nitrogens with one attached hydrogen (secondary N) is 2. The third kappa shape index (κ3) is 6.95. The lowest BCUT2D eigenvalue weighted by atomic mass is 9.96. The molecule has 1 saturated heterocycles. The number of amides is 2. The van der Waals surface area contributed by atoms with Gasteiger partial charge in [-0.25, -0.2) is 0 Å². The van der Waals surface area contributed by atoms with Gasteiger partial charge in [-0.05, 0) is 78.4 Å². The molecule has 210 valence electrons. The molecule has 0 saturated carbocycles. The average Bonchev–Trinajstić information content (AvgIpc) is 3.00. The number of para-hydroxylation sites is 1. The summed E-state index contributed by atoms with van der Waals surface area (Å²) in [6.07, 6.45) is -2.46. The molecule has 4 aromatic rings. The van der Waals surface area contributed by atoms with E-state index in [2.05, 4.69) is 27.7 Å². The molecule has 41 heavy (non-hydrogen) atoms. The summed E-state index contributed by atoms with van der Waals surface area (Å²) >= 11 is 0. The molecule has 8 heteroatoms. The zero-order chi connectivity index (χ0) is 28.8. The number of benzene rings is 4. The smallest absolute Gasteiger partial charge is 0.372 e. The minimum absolute atomic E-state index is 0.211. The fraction of sp³-hybridized carbons (Fsp3) is 0.212. The van der Waals surface area contributed by atoms with Gasteiger partial charge < -0.3 is 15.5 Å². The van der Waals surface area contributed by atoms with E-state index in [1.165, 1.54) is 17.8 Å². The Bertz CT molecular complexity index is 1500. The molecule has 0 unspecified atom stereocenters. The van der Waals surface area contributed by atoms with Crippen LogP contribution in [0, 0.1) is 5.92 Å². The minimum Gasteiger partial charge on any atom is -0.372 e. The number of carbonyl (C=O) groups is 2. The van der Waals surface area contributed by atoms with Gasteiger partial charge in [-0.3, -0.25) is 9.59 Å². The first-order valence-corrected chi connectivity index (χ1v) is 13.5. The van der Waals surface area contributed by atoms with E-state index in [0.717, 1.165) is 38.1 Å². The van der Waals surface area contributed by atoms with Gasteiger partial charge in [0.1, 0.15) is 0 Å². The van der Waals surface area contributed by atoms with Gasteiger partial charge in [-0.2, -0.15) is 13.2 Å². The Morgan fingerprint density at radius 3 is 2.17 bits per heavy atom. The van der Waals surface area contributed by atoms with Crippen molar-refractivity contribution in [3.05, 3.63) is 120 Å². The van der Waals surface area contributed by atoms with Crippen molar-refractivity contribution in [1.82, 2.24) is 5.32 Å². The Balaban J connectivity index is 1.19. The number of alkyl halides is 3. The highest BCUT2D eigenvalue weighted by Gasteiger charge is 2.30. The van der Waals surface area contributed by atoms with Gasteiger partial charge in [0, 0.05) is 42.1 Å². The molecule has 4 aromatic carbocycles. The van der Waals surface area contributed by atoms with Crippen molar-refractivity contribution in [3.8, 4) is 11.1 Å². The summed E-state index contributed by atoms with van der Waals surface area (Å²) in [6, 6.07) is 28.4. The van der Waals surface area contributed by atoms with Crippen molar-refractivity contribution in [2.24, 2.45) is 5.92 Å². The molecular weight excluding hydrogens is 527 g/mol. The number of halogens is 3. The second kappa shape index (κ2) is 12.3. The first kappa shape index (κ1) is 28.0. The molecule has 0 bridgehead atoms. The van der Waals surface area contributed by atoms with E-state index < -0.39 is 17.6 Å². The van der Waals surface area contributed by atoms with Crippen molar-refractivity contribution in [1.29, 1.82) is 0 Å². The van der Waals surface area contributed by atoms with Crippen molar-refractivity contribution in [2.75, 3.05) is 29.9 Å². The minimum atomic E-state index is -4.44. The Morgan fingerprint density at radius 2 is 1.46 bits per heavy atom. The van der Waals surface area contributed by atoms with E-state index in [-0.39, 0.29) is 5.91 Å². The molecule has 0 aliphatic carbocycles. The van der Waals surface area contributed by atoms with Crippen LogP contribution in [0.4, 0.5) is 24.5 Å². The SMILES string of the molecule is O=C(NCC1CCN(c2ccccc2)CC1)c1cccc(NC(=O)c2ccccc2-c2ccc(C(F)(F)F)cc2)c1. The van der Waals surface area contributed by atoms with Crippen LogP contribution >= 0.6 is 0 Å². The van der Waals surface area contributed by atoms with Gasteiger partial charge in [0.05, 0.1) is 5.56 Å². The highest BCUT2D eigenvalue weighted by molar-refractivity contribution is 6.09. The Labute approximate surface area is 237 Å². The van der Waals surface area contributed by atoms with E-state index in [9.17, 15) is 22.8 Å². The molecule has 2 amide bonds. The molecule has 1 fully saturated rings. The van der Waals surface area contributed by atoms with Crippen LogP contribution in [0.15, 0.2) is 103 Å². The molecular formula is C33H30F3N3O2. The third-order valence-electron chi connectivity index (χ3n) is 7.36. The van der Waals surface area contributed by atoms with Crippen LogP contribution in [0.3, 0.4) is 0 Å². The maximum Gasteiger partial charge on any atom is 0.416 e. The molecule has 0 radical (unpaired) electrons. The van der Waals surface area contributed by atoms with Gasteiger partial charge in [0.25, 0.3) is 11.8 Å². The lowest BCUT2D eigenvalue weighted by molar-refractivity contribution is -0.137. The van der Waals surface area contributed by atoms with E-state index in [0.29, 0.717) is 40.4 Å². The highest BCUT2D eigenvalue weighted by atomic mass is 19.4. The van der Waals surface area contributed by atoms with Crippen LogP contribution in [-0.2, 0) is 6.18 Å². The maximum atomic E-state index is 13.2. The van der Waals surface area contributed by atoms with E-state index >= 15 is 0 Å². The molecule has 1 aliphatic heterocycles. The van der Waals surface area contributed by atoms with Crippen molar-refractivity contribution in [2.45, 2.75) is 19.0 Å². The van der Waals surface area contributed by atoms with Gasteiger partial charge in [0.2, 0.25) is 0 Å². The average molecular weight is 558 g/mol. The summed E-state index contributed by atoms with van der Waals surface area (Å²) in [4.78, 5) is 28.4. The normalized spacial score (nSPS) is 14.0. The Kier molecular flexibility index (Phi) is 8.38. The van der Waals surface area contributed by atoms with Crippen LogP contribution < -0.4 is 15.5 Å². The topological polar surface area (TPSA) is 61.4 Å². The number of anilines is 2. The van der Waals surface area contributed by atoms with Crippen LogP contribution in [0.5, 0.6) is 0 Å². The van der Waals surface area contributed by atoms with Gasteiger partial charge in [-0.15, -0.1) is 0 Å². The predicted molar refractivity (Wildman–Crippen MR) is 155 cm³/mol. The highest BCUT2D eigenvalue weighted by Crippen LogP contribution is 2.32. The monoisotopic (exact) mass is 557 g/mol. The number of nitrogens with zero attached hydrogens (tertiary/aromatic N) is 1. The molecule has 1 aliphatic rings. The van der Waals surface area contributed by atoms with Crippen molar-refractivity contribution < 1.29 is 22.8 Å². The number of carbonyl (C=O) groups excluding carboxylic acids is 2. The lowest BCUT2D eigenvalue weighted by Gasteiger charge is -2.33. The second-order valence-corrected chi connectivity index (χ2v) is 10.1. The molecule has 2 N–H and O–H groups in total. The summed E-state index contributed by atoms with van der Waals surface area (Å²) in [6.45, 7) is 2.47. The van der Waals surface area contributed by atoms with E-state index in [1.807, 2.05) is 18.2 Å². The molecule has 5 nitrogen and oxygen atoms in total. The Hall–Kier alpha value is -4.59. The number of hydrogen-bond donors (Lipinski definition) is 2. The molecule has 1 heterocycles. The van der Waals surface area contributed by atoms with Gasteiger partial charge in [0.15, 0.2) is 0 Å². The van der Waals surface area contributed by atoms with Crippen LogP contribution in [0.2, 0.25) is 0 Å². The molecule has 0 aromatic heterocycles. The number of rotatable bonds is 7. The maximum absolute atomic E-state index is 13.2. The molecule has 0 spiro atoms. The summed E-state index contributed by atoms with van der Waals surface area (Å²) in [7, 11) is 0. The lowest BCUT2D eigenvalue weighted by Crippen LogP contribution is -2.38. The largest absolute Gasteiger partial charge is 0.416 e. The molecule has 5 rings (SSSR count). The van der Waals surface area contributed by atoms with Crippen molar-refractivity contribution >= 4 is 23.2 Å². The summed E-state index contributed by atoms with van der Waals surface area (Å²) < 4.78 is 38.9.